The minimum absolute atomic E-state index is 0.0118. The van der Waals surface area contributed by atoms with Gasteiger partial charge in [0, 0.05) is 3.57 Å². The second-order valence-electron chi connectivity index (χ2n) is 5.38. The van der Waals surface area contributed by atoms with Crippen LogP contribution in [0.5, 0.6) is 11.5 Å². The van der Waals surface area contributed by atoms with E-state index in [4.69, 9.17) is 4.74 Å². The number of phenolic OH excluding ortho intramolecular Hbond substituents is 1. The number of hydrogen-bond acceptors (Lipinski definition) is 3. The molecule has 0 saturated carbocycles. The van der Waals surface area contributed by atoms with Gasteiger partial charge in [-0.3, -0.25) is 4.79 Å². The number of benzene rings is 2. The number of aromatic hydroxyl groups is 1. The van der Waals surface area contributed by atoms with Gasteiger partial charge in [0.15, 0.2) is 5.78 Å². The largest absolute Gasteiger partial charge is 0.507 e. The SMILES string of the molecule is COc1c(C)c(C)c(C)c(O)c1C(=O)/C=C/c1cccc(I)c1. The van der Waals surface area contributed by atoms with Crippen LogP contribution in [-0.4, -0.2) is 18.0 Å². The number of carbonyl (C=O) groups excluding carboxylic acids is 1. The van der Waals surface area contributed by atoms with E-state index in [1.807, 2.05) is 38.1 Å². The highest BCUT2D eigenvalue weighted by atomic mass is 127. The lowest BCUT2D eigenvalue weighted by Crippen LogP contribution is -2.05. The number of phenols is 1. The summed E-state index contributed by atoms with van der Waals surface area (Å²) in [6.45, 7) is 5.60. The Hall–Kier alpha value is -1.82. The van der Waals surface area contributed by atoms with Gasteiger partial charge in [-0.25, -0.2) is 0 Å². The zero-order chi connectivity index (χ0) is 17.1. The molecular formula is C19H19IO3. The molecule has 0 saturated heterocycles. The molecule has 2 aromatic carbocycles. The third-order valence-corrected chi connectivity index (χ3v) is 4.68. The highest BCUT2D eigenvalue weighted by Crippen LogP contribution is 2.37. The molecule has 23 heavy (non-hydrogen) atoms. The molecule has 0 bridgehead atoms. The van der Waals surface area contributed by atoms with E-state index in [0.717, 1.165) is 20.3 Å². The van der Waals surface area contributed by atoms with Crippen molar-refractivity contribution in [2.24, 2.45) is 0 Å². The van der Waals surface area contributed by atoms with Gasteiger partial charge >= 0.3 is 0 Å². The third kappa shape index (κ3) is 3.58. The summed E-state index contributed by atoms with van der Waals surface area (Å²) in [7, 11) is 1.51. The highest BCUT2D eigenvalue weighted by molar-refractivity contribution is 14.1. The summed E-state index contributed by atoms with van der Waals surface area (Å²) in [4.78, 5) is 12.6. The van der Waals surface area contributed by atoms with E-state index in [9.17, 15) is 9.90 Å². The van der Waals surface area contributed by atoms with Crippen molar-refractivity contribution in [1.29, 1.82) is 0 Å². The van der Waals surface area contributed by atoms with Crippen LogP contribution < -0.4 is 4.74 Å². The zero-order valence-corrected chi connectivity index (χ0v) is 15.8. The van der Waals surface area contributed by atoms with Crippen LogP contribution in [-0.2, 0) is 0 Å². The minimum Gasteiger partial charge on any atom is -0.507 e. The molecule has 1 N–H and O–H groups in total. The highest BCUT2D eigenvalue weighted by Gasteiger charge is 2.22. The number of rotatable bonds is 4. The summed E-state index contributed by atoms with van der Waals surface area (Å²) in [6.07, 6.45) is 3.21. The van der Waals surface area contributed by atoms with Gasteiger partial charge < -0.3 is 9.84 Å². The van der Waals surface area contributed by atoms with E-state index in [-0.39, 0.29) is 17.1 Å². The van der Waals surface area contributed by atoms with Gasteiger partial charge in [-0.2, -0.15) is 0 Å². The summed E-state index contributed by atoms with van der Waals surface area (Å²) in [5.41, 5.74) is 3.65. The van der Waals surface area contributed by atoms with Crippen molar-refractivity contribution in [3.8, 4) is 11.5 Å². The van der Waals surface area contributed by atoms with Crippen molar-refractivity contribution < 1.29 is 14.6 Å². The molecule has 0 aliphatic rings. The molecule has 0 heterocycles. The van der Waals surface area contributed by atoms with Crippen LogP contribution in [0.3, 0.4) is 0 Å². The number of carbonyl (C=O) groups is 1. The van der Waals surface area contributed by atoms with Crippen molar-refractivity contribution in [3.05, 3.63) is 61.7 Å². The van der Waals surface area contributed by atoms with Crippen LogP contribution >= 0.6 is 22.6 Å². The molecule has 0 aliphatic carbocycles. The van der Waals surface area contributed by atoms with E-state index >= 15 is 0 Å². The first-order chi connectivity index (χ1) is 10.9. The van der Waals surface area contributed by atoms with Crippen LogP contribution in [0.1, 0.15) is 32.6 Å². The zero-order valence-electron chi connectivity index (χ0n) is 13.6. The Bertz CT molecular complexity index is 792. The molecule has 0 unspecified atom stereocenters. The van der Waals surface area contributed by atoms with Crippen LogP contribution in [0.15, 0.2) is 30.3 Å². The molecule has 2 rings (SSSR count). The Balaban J connectivity index is 2.47. The molecular weight excluding hydrogens is 403 g/mol. The molecule has 3 nitrogen and oxygen atoms in total. The molecule has 2 aromatic rings. The molecule has 0 fully saturated rings. The van der Waals surface area contributed by atoms with Crippen LogP contribution in [0.2, 0.25) is 0 Å². The van der Waals surface area contributed by atoms with Gasteiger partial charge in [-0.1, -0.05) is 18.2 Å². The Labute approximate surface area is 150 Å². The quantitative estimate of drug-likeness (QED) is 0.437. The molecule has 0 radical (unpaired) electrons. The Morgan fingerprint density at radius 3 is 2.48 bits per heavy atom. The predicted molar refractivity (Wildman–Crippen MR) is 101 cm³/mol. The van der Waals surface area contributed by atoms with E-state index in [1.54, 1.807) is 13.0 Å². The van der Waals surface area contributed by atoms with Crippen molar-refractivity contribution in [2.45, 2.75) is 20.8 Å². The molecule has 120 valence electrons. The second kappa shape index (κ2) is 7.17. The second-order valence-corrected chi connectivity index (χ2v) is 6.63. The monoisotopic (exact) mass is 422 g/mol. The Morgan fingerprint density at radius 1 is 1.17 bits per heavy atom. The van der Waals surface area contributed by atoms with Gasteiger partial charge in [-0.15, -0.1) is 0 Å². The fourth-order valence-corrected chi connectivity index (χ4v) is 3.03. The maximum absolute atomic E-state index is 12.6. The fraction of sp³-hybridized carbons (Fsp3) is 0.211. The van der Waals surface area contributed by atoms with Gasteiger partial charge in [0.2, 0.25) is 0 Å². The number of ketones is 1. The van der Waals surface area contributed by atoms with Gasteiger partial charge in [0.25, 0.3) is 0 Å². The topological polar surface area (TPSA) is 46.5 Å². The van der Waals surface area contributed by atoms with E-state index < -0.39 is 0 Å². The van der Waals surface area contributed by atoms with Gasteiger partial charge in [0.05, 0.1) is 7.11 Å². The first-order valence-electron chi connectivity index (χ1n) is 7.21. The molecule has 0 spiro atoms. The van der Waals surface area contributed by atoms with Crippen molar-refractivity contribution in [2.75, 3.05) is 7.11 Å². The smallest absolute Gasteiger partial charge is 0.193 e. The van der Waals surface area contributed by atoms with E-state index in [2.05, 4.69) is 22.6 Å². The Kier molecular flexibility index (Phi) is 5.46. The number of methoxy groups -OCH3 is 1. The lowest BCUT2D eigenvalue weighted by molar-refractivity contribution is 0.104. The van der Waals surface area contributed by atoms with Crippen molar-refractivity contribution in [3.63, 3.8) is 0 Å². The molecule has 0 aliphatic heterocycles. The summed E-state index contributed by atoms with van der Waals surface area (Å²) in [5, 5.41) is 10.4. The third-order valence-electron chi connectivity index (χ3n) is 4.01. The average Bonchev–Trinajstić information content (AvgIpc) is 2.53. The number of hydrogen-bond donors (Lipinski definition) is 1. The lowest BCUT2D eigenvalue weighted by Gasteiger charge is -2.16. The van der Waals surface area contributed by atoms with Gasteiger partial charge in [-0.05, 0) is 83.8 Å². The molecule has 0 amide bonds. The summed E-state index contributed by atoms with van der Waals surface area (Å²) < 4.78 is 6.47. The van der Waals surface area contributed by atoms with Crippen LogP contribution in [0.25, 0.3) is 6.08 Å². The first kappa shape index (κ1) is 17.5. The van der Waals surface area contributed by atoms with E-state index in [0.29, 0.717) is 11.3 Å². The predicted octanol–water partition coefficient (Wildman–Crippen LogP) is 4.83. The first-order valence-corrected chi connectivity index (χ1v) is 8.29. The van der Waals surface area contributed by atoms with E-state index in [1.165, 1.54) is 13.2 Å². The molecule has 0 aromatic heterocycles. The van der Waals surface area contributed by atoms with Crippen molar-refractivity contribution in [1.82, 2.24) is 0 Å². The number of halogens is 1. The van der Waals surface area contributed by atoms with Crippen molar-refractivity contribution >= 4 is 34.5 Å². The molecule has 4 heteroatoms. The van der Waals surface area contributed by atoms with Crippen LogP contribution in [0, 0.1) is 24.3 Å². The number of allylic oxidation sites excluding steroid dienone is 1. The normalized spacial score (nSPS) is 11.0. The number of ether oxygens (including phenoxy) is 1. The van der Waals surface area contributed by atoms with Crippen LogP contribution in [0.4, 0.5) is 0 Å². The Morgan fingerprint density at radius 2 is 1.87 bits per heavy atom. The maximum atomic E-state index is 12.6. The summed E-state index contributed by atoms with van der Waals surface area (Å²) >= 11 is 2.22. The van der Waals surface area contributed by atoms with Gasteiger partial charge in [0.1, 0.15) is 17.1 Å². The fourth-order valence-electron chi connectivity index (χ4n) is 2.46. The molecule has 0 atom stereocenters. The average molecular weight is 422 g/mol. The summed E-state index contributed by atoms with van der Waals surface area (Å²) in [5.74, 6) is 0.148. The maximum Gasteiger partial charge on any atom is 0.193 e. The summed E-state index contributed by atoms with van der Waals surface area (Å²) in [6, 6.07) is 7.83. The standard InChI is InChI=1S/C19H19IO3/c1-11-12(2)18(22)17(19(23-4)13(11)3)16(21)9-8-14-6-5-7-15(20)10-14/h5-10,22H,1-4H3/b9-8+. The lowest BCUT2D eigenvalue weighted by atomic mass is 9.95. The minimum atomic E-state index is -0.274.